The van der Waals surface area contributed by atoms with Gasteiger partial charge in [0.2, 0.25) is 0 Å². The van der Waals surface area contributed by atoms with Crippen LogP contribution in [0.2, 0.25) is 0 Å². The lowest BCUT2D eigenvalue weighted by Crippen LogP contribution is -2.39. The molecule has 1 aromatic rings. The Balaban J connectivity index is 1.93. The Bertz CT molecular complexity index is 385. The number of hydrogen-bond acceptors (Lipinski definition) is 4. The van der Waals surface area contributed by atoms with E-state index in [1.54, 1.807) is 0 Å². The standard InChI is InChI=1S/C15H25N3O/c1-3-16-10-13-6-7-14(17-11-13)18(2)12-15(19)8-4-5-9-15/h6-7,11,16,19H,3-5,8-10,12H2,1-2H3. The van der Waals surface area contributed by atoms with Gasteiger partial charge in [-0.05, 0) is 31.0 Å². The number of nitrogens with zero attached hydrogens (tertiary/aromatic N) is 2. The van der Waals surface area contributed by atoms with Crippen molar-refractivity contribution in [2.75, 3.05) is 25.0 Å². The van der Waals surface area contributed by atoms with E-state index >= 15 is 0 Å². The Hall–Kier alpha value is -1.13. The second kappa shape index (κ2) is 6.35. The number of aliphatic hydroxyl groups is 1. The summed E-state index contributed by atoms with van der Waals surface area (Å²) in [5.41, 5.74) is 0.678. The van der Waals surface area contributed by atoms with Crippen molar-refractivity contribution in [3.63, 3.8) is 0 Å². The molecule has 0 bridgehead atoms. The number of rotatable bonds is 6. The van der Waals surface area contributed by atoms with Crippen molar-refractivity contribution in [1.29, 1.82) is 0 Å². The molecule has 4 nitrogen and oxygen atoms in total. The number of likely N-dealkylation sites (N-methyl/N-ethyl adjacent to an activating group) is 1. The average Bonchev–Trinajstić information content (AvgIpc) is 2.83. The van der Waals surface area contributed by atoms with Crippen molar-refractivity contribution >= 4 is 5.82 Å². The molecule has 1 heterocycles. The summed E-state index contributed by atoms with van der Waals surface area (Å²) in [5.74, 6) is 0.931. The third-order valence-corrected chi connectivity index (χ3v) is 3.85. The van der Waals surface area contributed by atoms with Crippen molar-refractivity contribution in [3.05, 3.63) is 23.9 Å². The van der Waals surface area contributed by atoms with Crippen molar-refractivity contribution in [2.24, 2.45) is 0 Å². The Labute approximate surface area is 115 Å². The summed E-state index contributed by atoms with van der Waals surface area (Å²) in [6.45, 7) is 4.59. The lowest BCUT2D eigenvalue weighted by molar-refractivity contribution is 0.0558. The molecule has 1 saturated carbocycles. The lowest BCUT2D eigenvalue weighted by Gasteiger charge is -2.29. The van der Waals surface area contributed by atoms with Crippen LogP contribution in [-0.4, -0.2) is 35.8 Å². The molecule has 1 aromatic heterocycles. The van der Waals surface area contributed by atoms with Gasteiger partial charge in [0.15, 0.2) is 0 Å². The van der Waals surface area contributed by atoms with Crippen LogP contribution in [0.3, 0.4) is 0 Å². The van der Waals surface area contributed by atoms with Gasteiger partial charge in [-0.3, -0.25) is 0 Å². The van der Waals surface area contributed by atoms with Gasteiger partial charge in [-0.1, -0.05) is 25.8 Å². The molecular formula is C15H25N3O. The Morgan fingerprint density at radius 3 is 2.68 bits per heavy atom. The predicted octanol–water partition coefficient (Wildman–Crippen LogP) is 1.93. The molecule has 0 aromatic carbocycles. The van der Waals surface area contributed by atoms with Crippen LogP contribution in [0.1, 0.15) is 38.2 Å². The third kappa shape index (κ3) is 3.91. The largest absolute Gasteiger partial charge is 0.388 e. The first kappa shape index (κ1) is 14.3. The maximum absolute atomic E-state index is 10.4. The average molecular weight is 263 g/mol. The van der Waals surface area contributed by atoms with Gasteiger partial charge in [-0.25, -0.2) is 4.98 Å². The number of hydrogen-bond donors (Lipinski definition) is 2. The van der Waals surface area contributed by atoms with E-state index in [9.17, 15) is 5.11 Å². The molecule has 0 aliphatic heterocycles. The fourth-order valence-electron chi connectivity index (χ4n) is 2.73. The van der Waals surface area contributed by atoms with E-state index in [0.29, 0.717) is 6.54 Å². The van der Waals surface area contributed by atoms with E-state index < -0.39 is 5.60 Å². The zero-order chi connectivity index (χ0) is 13.7. The van der Waals surface area contributed by atoms with Gasteiger partial charge in [0.05, 0.1) is 5.60 Å². The number of aromatic nitrogens is 1. The highest BCUT2D eigenvalue weighted by atomic mass is 16.3. The molecule has 19 heavy (non-hydrogen) atoms. The molecule has 0 radical (unpaired) electrons. The quantitative estimate of drug-likeness (QED) is 0.823. The smallest absolute Gasteiger partial charge is 0.128 e. The molecule has 2 rings (SSSR count). The van der Waals surface area contributed by atoms with E-state index in [2.05, 4.69) is 28.2 Å². The van der Waals surface area contributed by atoms with Crippen molar-refractivity contribution < 1.29 is 5.11 Å². The molecule has 106 valence electrons. The van der Waals surface area contributed by atoms with Gasteiger partial charge < -0.3 is 15.3 Å². The highest BCUT2D eigenvalue weighted by Crippen LogP contribution is 2.30. The van der Waals surface area contributed by atoms with E-state index in [4.69, 9.17) is 0 Å². The molecule has 4 heteroatoms. The van der Waals surface area contributed by atoms with Gasteiger partial charge in [0, 0.05) is 26.3 Å². The van der Waals surface area contributed by atoms with Crippen LogP contribution in [0.4, 0.5) is 5.82 Å². The Kier molecular flexibility index (Phi) is 4.77. The van der Waals surface area contributed by atoms with Crippen molar-refractivity contribution in [1.82, 2.24) is 10.3 Å². The summed E-state index contributed by atoms with van der Waals surface area (Å²) in [6, 6.07) is 4.13. The molecule has 0 unspecified atom stereocenters. The van der Waals surface area contributed by atoms with Gasteiger partial charge in [0.1, 0.15) is 5.82 Å². The third-order valence-electron chi connectivity index (χ3n) is 3.85. The first-order valence-electron chi connectivity index (χ1n) is 7.22. The Morgan fingerprint density at radius 1 is 1.37 bits per heavy atom. The summed E-state index contributed by atoms with van der Waals surface area (Å²) in [5, 5.41) is 13.7. The molecule has 1 aliphatic carbocycles. The SMILES string of the molecule is CCNCc1ccc(N(C)CC2(O)CCCC2)nc1. The van der Waals surface area contributed by atoms with E-state index in [0.717, 1.165) is 44.6 Å². The molecule has 0 amide bonds. The van der Waals surface area contributed by atoms with Crippen LogP contribution in [0.15, 0.2) is 18.3 Å². The van der Waals surface area contributed by atoms with Crippen LogP contribution in [-0.2, 0) is 6.54 Å². The summed E-state index contributed by atoms with van der Waals surface area (Å²) in [4.78, 5) is 6.54. The zero-order valence-corrected chi connectivity index (χ0v) is 12.0. The molecule has 0 atom stereocenters. The molecule has 0 saturated heterocycles. The maximum Gasteiger partial charge on any atom is 0.128 e. The monoisotopic (exact) mass is 263 g/mol. The second-order valence-electron chi connectivity index (χ2n) is 5.59. The lowest BCUT2D eigenvalue weighted by atomic mass is 10.0. The minimum atomic E-state index is -0.515. The minimum Gasteiger partial charge on any atom is -0.388 e. The number of pyridine rings is 1. The van der Waals surface area contributed by atoms with Crippen molar-refractivity contribution in [2.45, 2.75) is 44.8 Å². The molecule has 1 fully saturated rings. The highest BCUT2D eigenvalue weighted by molar-refractivity contribution is 5.39. The predicted molar refractivity (Wildman–Crippen MR) is 78.3 cm³/mol. The zero-order valence-electron chi connectivity index (χ0n) is 12.0. The van der Waals surface area contributed by atoms with Gasteiger partial charge in [-0.15, -0.1) is 0 Å². The Morgan fingerprint density at radius 2 is 2.11 bits per heavy atom. The van der Waals surface area contributed by atoms with Crippen LogP contribution in [0.25, 0.3) is 0 Å². The fraction of sp³-hybridized carbons (Fsp3) is 0.667. The fourth-order valence-corrected chi connectivity index (χ4v) is 2.73. The van der Waals surface area contributed by atoms with Crippen LogP contribution in [0, 0.1) is 0 Å². The summed E-state index contributed by atoms with van der Waals surface area (Å²) < 4.78 is 0. The molecular weight excluding hydrogens is 238 g/mol. The molecule has 0 spiro atoms. The number of nitrogens with one attached hydrogen (secondary N) is 1. The molecule has 2 N–H and O–H groups in total. The number of anilines is 1. The summed E-state index contributed by atoms with van der Waals surface area (Å²) in [7, 11) is 2.00. The first-order valence-corrected chi connectivity index (χ1v) is 7.22. The van der Waals surface area contributed by atoms with Crippen LogP contribution in [0.5, 0.6) is 0 Å². The normalized spacial score (nSPS) is 17.6. The highest BCUT2D eigenvalue weighted by Gasteiger charge is 2.32. The topological polar surface area (TPSA) is 48.4 Å². The molecule has 1 aliphatic rings. The van der Waals surface area contributed by atoms with Gasteiger partial charge >= 0.3 is 0 Å². The first-order chi connectivity index (χ1) is 9.13. The van der Waals surface area contributed by atoms with Gasteiger partial charge in [-0.2, -0.15) is 0 Å². The maximum atomic E-state index is 10.4. The van der Waals surface area contributed by atoms with Crippen LogP contribution < -0.4 is 10.2 Å². The summed E-state index contributed by atoms with van der Waals surface area (Å²) in [6.07, 6.45) is 6.01. The van der Waals surface area contributed by atoms with E-state index in [-0.39, 0.29) is 0 Å². The van der Waals surface area contributed by atoms with Gasteiger partial charge in [0.25, 0.3) is 0 Å². The summed E-state index contributed by atoms with van der Waals surface area (Å²) >= 11 is 0. The van der Waals surface area contributed by atoms with Crippen LogP contribution >= 0.6 is 0 Å². The van der Waals surface area contributed by atoms with E-state index in [1.165, 1.54) is 5.56 Å². The van der Waals surface area contributed by atoms with E-state index in [1.807, 2.05) is 19.3 Å². The minimum absolute atomic E-state index is 0.515. The second-order valence-corrected chi connectivity index (χ2v) is 5.59. The van der Waals surface area contributed by atoms with Crippen molar-refractivity contribution in [3.8, 4) is 0 Å².